The first kappa shape index (κ1) is 17.5. The Labute approximate surface area is 166 Å². The van der Waals surface area contributed by atoms with Gasteiger partial charge < -0.3 is 4.90 Å². The lowest BCUT2D eigenvalue weighted by atomic mass is 9.99. The molecule has 5 heterocycles. The van der Waals surface area contributed by atoms with Crippen LogP contribution in [0.25, 0.3) is 11.3 Å². The third-order valence-electron chi connectivity index (χ3n) is 5.20. The molecule has 0 spiro atoms. The molecule has 2 aliphatic rings. The zero-order chi connectivity index (χ0) is 19.8. The standard InChI is InChI=1S/C20H18FN7O/c21-14-8-13(9-23-10-14)16-3-4-17-19(25-16)28(15-2-1-7-27(17)12-15)20(29)26-18-11-22-5-6-24-18/h3-6,8-11,15H,1-2,7,12H2,(H,24,26,29)/t15-/m0/s1. The van der Waals surface area contributed by atoms with Crippen LogP contribution in [0.5, 0.6) is 0 Å². The number of hydrogen-bond donors (Lipinski definition) is 1. The van der Waals surface area contributed by atoms with Crippen LogP contribution >= 0.6 is 0 Å². The average molecular weight is 391 g/mol. The summed E-state index contributed by atoms with van der Waals surface area (Å²) in [5, 5.41) is 2.81. The van der Waals surface area contributed by atoms with Gasteiger partial charge >= 0.3 is 6.03 Å². The molecule has 2 amide bonds. The van der Waals surface area contributed by atoms with Gasteiger partial charge in [0.25, 0.3) is 0 Å². The van der Waals surface area contributed by atoms with Gasteiger partial charge in [0.15, 0.2) is 11.6 Å². The van der Waals surface area contributed by atoms with E-state index < -0.39 is 5.82 Å². The molecular weight excluding hydrogens is 373 g/mol. The molecule has 5 rings (SSSR count). The largest absolute Gasteiger partial charge is 0.366 e. The molecule has 0 unspecified atom stereocenters. The lowest BCUT2D eigenvalue weighted by Crippen LogP contribution is -2.56. The maximum absolute atomic E-state index is 13.6. The van der Waals surface area contributed by atoms with Crippen LogP contribution in [0.1, 0.15) is 12.8 Å². The highest BCUT2D eigenvalue weighted by Crippen LogP contribution is 2.39. The molecule has 0 saturated carbocycles. The van der Waals surface area contributed by atoms with Crippen molar-refractivity contribution >= 4 is 23.4 Å². The molecule has 1 atom stereocenters. The summed E-state index contributed by atoms with van der Waals surface area (Å²) in [5.41, 5.74) is 2.02. The molecule has 1 N–H and O–H groups in total. The predicted molar refractivity (Wildman–Crippen MR) is 106 cm³/mol. The van der Waals surface area contributed by atoms with Crippen molar-refractivity contribution < 1.29 is 9.18 Å². The van der Waals surface area contributed by atoms with Gasteiger partial charge in [-0.2, -0.15) is 0 Å². The van der Waals surface area contributed by atoms with E-state index in [0.717, 1.165) is 37.8 Å². The molecule has 3 aromatic heterocycles. The number of pyridine rings is 2. The number of anilines is 3. The third kappa shape index (κ3) is 3.24. The average Bonchev–Trinajstić information content (AvgIpc) is 2.74. The number of urea groups is 1. The zero-order valence-electron chi connectivity index (χ0n) is 15.5. The summed E-state index contributed by atoms with van der Waals surface area (Å²) in [6.07, 6.45) is 9.16. The van der Waals surface area contributed by atoms with E-state index in [1.165, 1.54) is 18.5 Å². The number of fused-ring (bicyclic) bond motifs is 4. The van der Waals surface area contributed by atoms with Crippen molar-refractivity contribution in [2.24, 2.45) is 0 Å². The van der Waals surface area contributed by atoms with Crippen molar-refractivity contribution in [3.63, 3.8) is 0 Å². The Bertz CT molecular complexity index is 1060. The number of nitrogens with zero attached hydrogens (tertiary/aromatic N) is 6. The number of piperidine rings is 1. The predicted octanol–water partition coefficient (Wildman–Crippen LogP) is 3.09. The lowest BCUT2D eigenvalue weighted by Gasteiger charge is -2.45. The lowest BCUT2D eigenvalue weighted by molar-refractivity contribution is 0.252. The number of hydrogen-bond acceptors (Lipinski definition) is 6. The molecular formula is C20H18FN7O. The summed E-state index contributed by atoms with van der Waals surface area (Å²) < 4.78 is 13.6. The van der Waals surface area contributed by atoms with Crippen LogP contribution in [-0.2, 0) is 0 Å². The van der Waals surface area contributed by atoms with E-state index in [2.05, 4.69) is 25.2 Å². The Balaban J connectivity index is 1.56. The van der Waals surface area contributed by atoms with Crippen LogP contribution in [0.3, 0.4) is 0 Å². The van der Waals surface area contributed by atoms with Gasteiger partial charge in [-0.05, 0) is 31.0 Å². The normalized spacial score (nSPS) is 17.6. The summed E-state index contributed by atoms with van der Waals surface area (Å²) in [5.74, 6) is 0.506. The Morgan fingerprint density at radius 3 is 2.93 bits per heavy atom. The second-order valence-corrected chi connectivity index (χ2v) is 7.06. The Morgan fingerprint density at radius 1 is 1.17 bits per heavy atom. The van der Waals surface area contributed by atoms with Gasteiger partial charge in [-0.15, -0.1) is 0 Å². The van der Waals surface area contributed by atoms with E-state index in [1.807, 2.05) is 12.1 Å². The topological polar surface area (TPSA) is 87.1 Å². The summed E-state index contributed by atoms with van der Waals surface area (Å²) in [4.78, 5) is 33.8. The first-order valence-corrected chi connectivity index (χ1v) is 9.42. The van der Waals surface area contributed by atoms with Gasteiger partial charge in [-0.25, -0.2) is 19.2 Å². The molecule has 2 bridgehead atoms. The number of carbonyl (C=O) groups excluding carboxylic acids is 1. The first-order valence-electron chi connectivity index (χ1n) is 9.42. The van der Waals surface area contributed by atoms with Crippen molar-refractivity contribution in [2.45, 2.75) is 18.9 Å². The minimum absolute atomic E-state index is 0.00121. The third-order valence-corrected chi connectivity index (χ3v) is 5.20. The zero-order valence-corrected chi connectivity index (χ0v) is 15.5. The summed E-state index contributed by atoms with van der Waals surface area (Å²) in [7, 11) is 0. The van der Waals surface area contributed by atoms with E-state index in [4.69, 9.17) is 4.98 Å². The molecule has 0 aromatic carbocycles. The molecule has 1 saturated heterocycles. The number of aromatic nitrogens is 4. The molecule has 9 heteroatoms. The van der Waals surface area contributed by atoms with Crippen molar-refractivity contribution in [2.75, 3.05) is 28.2 Å². The molecule has 0 radical (unpaired) electrons. The minimum Gasteiger partial charge on any atom is -0.366 e. The Morgan fingerprint density at radius 2 is 2.10 bits per heavy atom. The van der Waals surface area contributed by atoms with Gasteiger partial charge in [-0.1, -0.05) is 0 Å². The fourth-order valence-corrected chi connectivity index (χ4v) is 3.93. The quantitative estimate of drug-likeness (QED) is 0.722. The molecule has 2 aliphatic heterocycles. The first-order chi connectivity index (χ1) is 14.2. The van der Waals surface area contributed by atoms with Gasteiger partial charge in [0, 0.05) is 37.2 Å². The fourth-order valence-electron chi connectivity index (χ4n) is 3.93. The number of halogens is 1. The highest BCUT2D eigenvalue weighted by atomic mass is 19.1. The molecule has 0 aliphatic carbocycles. The summed E-state index contributed by atoms with van der Waals surface area (Å²) in [6, 6.07) is 4.85. The van der Waals surface area contributed by atoms with Gasteiger partial charge in [-0.3, -0.25) is 20.2 Å². The van der Waals surface area contributed by atoms with Crippen molar-refractivity contribution in [1.29, 1.82) is 0 Å². The van der Waals surface area contributed by atoms with Crippen molar-refractivity contribution in [1.82, 2.24) is 19.9 Å². The van der Waals surface area contributed by atoms with E-state index >= 15 is 0 Å². The molecule has 1 fully saturated rings. The molecule has 3 aromatic rings. The fraction of sp³-hybridized carbons (Fsp3) is 0.250. The highest BCUT2D eigenvalue weighted by Gasteiger charge is 2.38. The van der Waals surface area contributed by atoms with Crippen molar-refractivity contribution in [3.05, 3.63) is 55.0 Å². The minimum atomic E-state index is -0.431. The second-order valence-electron chi connectivity index (χ2n) is 7.06. The van der Waals surface area contributed by atoms with Gasteiger partial charge in [0.1, 0.15) is 5.82 Å². The van der Waals surface area contributed by atoms with Crippen molar-refractivity contribution in [3.8, 4) is 11.3 Å². The Hall–Kier alpha value is -3.62. The summed E-state index contributed by atoms with van der Waals surface area (Å²) >= 11 is 0. The van der Waals surface area contributed by atoms with E-state index in [0.29, 0.717) is 22.9 Å². The van der Waals surface area contributed by atoms with Crippen LogP contribution in [0, 0.1) is 5.82 Å². The number of rotatable bonds is 2. The smallest absolute Gasteiger partial charge is 0.329 e. The second kappa shape index (κ2) is 7.08. The van der Waals surface area contributed by atoms with E-state index in [-0.39, 0.29) is 12.1 Å². The van der Waals surface area contributed by atoms with Gasteiger partial charge in [0.2, 0.25) is 0 Å². The molecule has 29 heavy (non-hydrogen) atoms. The SMILES string of the molecule is O=C(Nc1cnccn1)N1c2nc(-c3cncc(F)c3)ccc2N2CCC[C@H]1C2. The maximum atomic E-state index is 13.6. The number of nitrogens with one attached hydrogen (secondary N) is 1. The Kier molecular flexibility index (Phi) is 4.27. The molecule has 8 nitrogen and oxygen atoms in total. The van der Waals surface area contributed by atoms with Crippen LogP contribution in [0.15, 0.2) is 49.2 Å². The number of amides is 2. The van der Waals surface area contributed by atoms with Crippen LogP contribution < -0.4 is 15.1 Å². The van der Waals surface area contributed by atoms with E-state index in [1.54, 1.807) is 17.3 Å². The number of carbonyl (C=O) groups is 1. The van der Waals surface area contributed by atoms with Crippen LogP contribution in [0.2, 0.25) is 0 Å². The van der Waals surface area contributed by atoms with Crippen LogP contribution in [0.4, 0.5) is 26.5 Å². The monoisotopic (exact) mass is 391 g/mol. The summed E-state index contributed by atoms with van der Waals surface area (Å²) in [6.45, 7) is 1.68. The van der Waals surface area contributed by atoms with Gasteiger partial charge in [0.05, 0.1) is 29.8 Å². The molecule has 146 valence electrons. The highest BCUT2D eigenvalue weighted by molar-refractivity contribution is 6.04. The van der Waals surface area contributed by atoms with E-state index in [9.17, 15) is 9.18 Å². The van der Waals surface area contributed by atoms with Crippen LogP contribution in [-0.4, -0.2) is 45.1 Å². The maximum Gasteiger partial charge on any atom is 0.329 e.